The minimum absolute atomic E-state index is 0.141. The predicted octanol–water partition coefficient (Wildman–Crippen LogP) is 3.39. The highest BCUT2D eigenvalue weighted by Gasteiger charge is 2.18. The summed E-state index contributed by atoms with van der Waals surface area (Å²) >= 11 is 0. The van der Waals surface area contributed by atoms with E-state index in [2.05, 4.69) is 15.5 Å². The highest BCUT2D eigenvalue weighted by atomic mass is 16.5. The van der Waals surface area contributed by atoms with Gasteiger partial charge in [-0.05, 0) is 19.4 Å². The van der Waals surface area contributed by atoms with E-state index in [1.54, 1.807) is 12.1 Å². The fourth-order valence-electron chi connectivity index (χ4n) is 3.21. The van der Waals surface area contributed by atoms with Gasteiger partial charge in [0.1, 0.15) is 18.1 Å². The number of rotatable bonds is 7. The van der Waals surface area contributed by atoms with Gasteiger partial charge in [0.15, 0.2) is 0 Å². The molecule has 1 fully saturated rings. The number of hydrogen-bond acceptors (Lipinski definition) is 6. The molecule has 29 heavy (non-hydrogen) atoms. The summed E-state index contributed by atoms with van der Waals surface area (Å²) in [5.41, 5.74) is 3.10. The first-order valence-corrected chi connectivity index (χ1v) is 9.66. The van der Waals surface area contributed by atoms with E-state index in [0.717, 1.165) is 29.8 Å². The Kier molecular flexibility index (Phi) is 5.86. The molecular weight excluding hydrogens is 370 g/mol. The number of nitrogens with zero attached hydrogens (tertiary/aromatic N) is 2. The van der Waals surface area contributed by atoms with E-state index in [1.807, 2.05) is 37.3 Å². The Morgan fingerprint density at radius 2 is 2.10 bits per heavy atom. The van der Waals surface area contributed by atoms with Crippen molar-refractivity contribution in [2.45, 2.75) is 20.0 Å². The first-order chi connectivity index (χ1) is 14.2. The van der Waals surface area contributed by atoms with Crippen molar-refractivity contribution in [3.8, 4) is 17.1 Å². The topological polar surface area (TPSA) is 86.5 Å². The van der Waals surface area contributed by atoms with Crippen LogP contribution >= 0.6 is 0 Å². The molecule has 0 spiro atoms. The van der Waals surface area contributed by atoms with Crippen molar-refractivity contribution in [2.75, 3.05) is 19.8 Å². The molecule has 0 saturated carbocycles. The number of aromatic nitrogens is 2. The third-order valence-corrected chi connectivity index (χ3v) is 4.97. The second-order valence-corrected chi connectivity index (χ2v) is 7.05. The Hall–Kier alpha value is -3.19. The number of carbonyl (C=O) groups excluding carboxylic acids is 1. The Morgan fingerprint density at radius 3 is 2.83 bits per heavy atom. The number of nitrogens with one attached hydrogen (secondary N) is 1. The summed E-state index contributed by atoms with van der Waals surface area (Å²) in [6, 6.07) is 13.2. The summed E-state index contributed by atoms with van der Waals surface area (Å²) in [7, 11) is 0. The summed E-state index contributed by atoms with van der Waals surface area (Å²) in [5, 5.41) is 7.08. The van der Waals surface area contributed by atoms with Crippen LogP contribution in [0.25, 0.3) is 11.3 Å². The van der Waals surface area contributed by atoms with Crippen LogP contribution in [0.2, 0.25) is 0 Å². The normalized spacial score (nSPS) is 16.0. The molecule has 7 heteroatoms. The molecule has 4 rings (SSSR count). The quantitative estimate of drug-likeness (QED) is 0.662. The lowest BCUT2D eigenvalue weighted by Crippen LogP contribution is -2.29. The van der Waals surface area contributed by atoms with E-state index >= 15 is 0 Å². The third-order valence-electron chi connectivity index (χ3n) is 4.97. The number of amides is 1. The zero-order valence-electron chi connectivity index (χ0n) is 16.3. The molecule has 1 atom stereocenters. The molecule has 1 saturated heterocycles. The largest absolute Gasteiger partial charge is 0.473 e. The molecule has 7 nitrogen and oxygen atoms in total. The standard InChI is InChI=1S/C22H23N3O4/c1-15-19(21(25-29-15)17-5-3-2-4-6-17)14-28-20-8-7-18(12-23-20)22(26)24-11-16-9-10-27-13-16/h2-8,12,16H,9-11,13-14H2,1H3,(H,24,26). The van der Waals surface area contributed by atoms with Crippen molar-refractivity contribution in [3.05, 3.63) is 65.5 Å². The van der Waals surface area contributed by atoms with E-state index < -0.39 is 0 Å². The van der Waals surface area contributed by atoms with Gasteiger partial charge in [-0.3, -0.25) is 4.79 Å². The number of pyridine rings is 1. The highest BCUT2D eigenvalue weighted by molar-refractivity contribution is 5.93. The van der Waals surface area contributed by atoms with Gasteiger partial charge in [0.2, 0.25) is 5.88 Å². The average Bonchev–Trinajstić information content (AvgIpc) is 3.41. The maximum absolute atomic E-state index is 12.3. The fourth-order valence-corrected chi connectivity index (χ4v) is 3.21. The minimum atomic E-state index is -0.141. The van der Waals surface area contributed by atoms with Crippen LogP contribution in [0.3, 0.4) is 0 Å². The van der Waals surface area contributed by atoms with Crippen molar-refractivity contribution in [2.24, 2.45) is 5.92 Å². The van der Waals surface area contributed by atoms with Gasteiger partial charge >= 0.3 is 0 Å². The van der Waals surface area contributed by atoms with Crippen LogP contribution in [-0.4, -0.2) is 35.8 Å². The molecular formula is C22H23N3O4. The molecule has 1 aromatic carbocycles. The van der Waals surface area contributed by atoms with E-state index in [4.69, 9.17) is 14.0 Å². The van der Waals surface area contributed by atoms with Gasteiger partial charge in [0, 0.05) is 36.9 Å². The molecule has 1 unspecified atom stereocenters. The van der Waals surface area contributed by atoms with Crippen molar-refractivity contribution in [1.82, 2.24) is 15.5 Å². The summed E-state index contributed by atoms with van der Waals surface area (Å²) in [6.07, 6.45) is 2.51. The van der Waals surface area contributed by atoms with Crippen LogP contribution in [0.5, 0.6) is 5.88 Å². The monoisotopic (exact) mass is 393 g/mol. The van der Waals surface area contributed by atoms with E-state index in [9.17, 15) is 4.79 Å². The summed E-state index contributed by atoms with van der Waals surface area (Å²) in [4.78, 5) is 16.5. The second-order valence-electron chi connectivity index (χ2n) is 7.05. The fraction of sp³-hybridized carbons (Fsp3) is 0.318. The van der Waals surface area contributed by atoms with Gasteiger partial charge in [-0.15, -0.1) is 0 Å². The van der Waals surface area contributed by atoms with Gasteiger partial charge in [-0.2, -0.15) is 0 Å². The lowest BCUT2D eigenvalue weighted by atomic mass is 10.1. The van der Waals surface area contributed by atoms with Crippen molar-refractivity contribution >= 4 is 5.91 Å². The highest BCUT2D eigenvalue weighted by Crippen LogP contribution is 2.26. The molecule has 1 N–H and O–H groups in total. The molecule has 0 aliphatic carbocycles. The minimum Gasteiger partial charge on any atom is -0.473 e. The van der Waals surface area contributed by atoms with E-state index in [1.165, 1.54) is 6.20 Å². The van der Waals surface area contributed by atoms with E-state index in [0.29, 0.717) is 36.3 Å². The predicted molar refractivity (Wildman–Crippen MR) is 107 cm³/mol. The zero-order chi connectivity index (χ0) is 20.1. The van der Waals surface area contributed by atoms with Crippen LogP contribution in [0.15, 0.2) is 53.2 Å². The van der Waals surface area contributed by atoms with E-state index in [-0.39, 0.29) is 12.5 Å². The van der Waals surface area contributed by atoms with Gasteiger partial charge in [0.05, 0.1) is 17.7 Å². The molecule has 3 heterocycles. The Balaban J connectivity index is 1.36. The van der Waals surface area contributed by atoms with Crippen LogP contribution in [0, 0.1) is 12.8 Å². The number of ether oxygens (including phenoxy) is 2. The zero-order valence-corrected chi connectivity index (χ0v) is 16.3. The number of hydrogen-bond donors (Lipinski definition) is 1. The Bertz CT molecular complexity index is 948. The van der Waals surface area contributed by atoms with Crippen molar-refractivity contribution in [3.63, 3.8) is 0 Å². The summed E-state index contributed by atoms with van der Waals surface area (Å²) in [5.74, 6) is 1.39. The van der Waals surface area contributed by atoms with Crippen LogP contribution < -0.4 is 10.1 Å². The average molecular weight is 393 g/mol. The van der Waals surface area contributed by atoms with Crippen LogP contribution in [0.4, 0.5) is 0 Å². The number of benzene rings is 1. The molecule has 150 valence electrons. The lowest BCUT2D eigenvalue weighted by molar-refractivity contribution is 0.0944. The van der Waals surface area contributed by atoms with Crippen molar-refractivity contribution < 1.29 is 18.8 Å². The first-order valence-electron chi connectivity index (χ1n) is 9.66. The maximum Gasteiger partial charge on any atom is 0.252 e. The molecule has 1 aliphatic rings. The molecule has 0 radical (unpaired) electrons. The third kappa shape index (κ3) is 4.63. The van der Waals surface area contributed by atoms with Gasteiger partial charge < -0.3 is 19.3 Å². The lowest BCUT2D eigenvalue weighted by Gasteiger charge is -2.10. The van der Waals surface area contributed by atoms with Crippen LogP contribution in [0.1, 0.15) is 28.1 Å². The first kappa shape index (κ1) is 19.1. The number of carbonyl (C=O) groups is 1. The van der Waals surface area contributed by atoms with Gasteiger partial charge in [-0.1, -0.05) is 35.5 Å². The maximum atomic E-state index is 12.3. The Labute approximate surface area is 169 Å². The second kappa shape index (κ2) is 8.87. The van der Waals surface area contributed by atoms with Gasteiger partial charge in [-0.25, -0.2) is 4.98 Å². The van der Waals surface area contributed by atoms with Crippen molar-refractivity contribution in [1.29, 1.82) is 0 Å². The van der Waals surface area contributed by atoms with Crippen LogP contribution in [-0.2, 0) is 11.3 Å². The molecule has 1 amide bonds. The summed E-state index contributed by atoms with van der Waals surface area (Å²) in [6.45, 7) is 4.23. The molecule has 0 bridgehead atoms. The SMILES string of the molecule is Cc1onc(-c2ccccc2)c1COc1ccc(C(=O)NCC2CCOC2)cn1. The van der Waals surface area contributed by atoms with Gasteiger partial charge in [0.25, 0.3) is 5.91 Å². The Morgan fingerprint density at radius 1 is 1.24 bits per heavy atom. The molecule has 3 aromatic rings. The molecule has 1 aliphatic heterocycles. The smallest absolute Gasteiger partial charge is 0.252 e. The summed E-state index contributed by atoms with van der Waals surface area (Å²) < 4.78 is 16.5. The molecule has 2 aromatic heterocycles. The number of aryl methyl sites for hydroxylation is 1.